The van der Waals surface area contributed by atoms with Crippen LogP contribution < -0.4 is 0 Å². The maximum Gasteiger partial charge on any atom is 0.280 e. The van der Waals surface area contributed by atoms with E-state index in [9.17, 15) is 4.39 Å². The molecule has 0 radical (unpaired) electrons. The maximum absolute atomic E-state index is 13.1. The van der Waals surface area contributed by atoms with Gasteiger partial charge in [0.15, 0.2) is 11.5 Å². The molecule has 1 aromatic carbocycles. The van der Waals surface area contributed by atoms with Crippen molar-refractivity contribution in [1.29, 1.82) is 0 Å². The summed E-state index contributed by atoms with van der Waals surface area (Å²) in [5.74, 6) is 1.30. The van der Waals surface area contributed by atoms with Gasteiger partial charge in [-0.1, -0.05) is 22.5 Å². The van der Waals surface area contributed by atoms with E-state index in [2.05, 4.69) is 20.5 Å². The molecule has 3 heterocycles. The van der Waals surface area contributed by atoms with E-state index < -0.39 is 0 Å². The molecule has 1 fully saturated rings. The van der Waals surface area contributed by atoms with E-state index in [1.165, 1.54) is 12.1 Å². The number of hydrogen-bond donors (Lipinski definition) is 0. The number of nitrogens with zero attached hydrogens (tertiary/aromatic N) is 5. The Kier molecular flexibility index (Phi) is 2.99. The monoisotopic (exact) mass is 327 g/mol. The van der Waals surface area contributed by atoms with Crippen molar-refractivity contribution in [3.8, 4) is 11.6 Å². The van der Waals surface area contributed by atoms with Crippen molar-refractivity contribution in [3.63, 3.8) is 0 Å². The summed E-state index contributed by atoms with van der Waals surface area (Å²) < 4.78 is 26.1. The zero-order chi connectivity index (χ0) is 16.1. The minimum atomic E-state index is -0.263. The molecule has 1 saturated carbocycles. The Morgan fingerprint density at radius 2 is 2.00 bits per heavy atom. The van der Waals surface area contributed by atoms with Gasteiger partial charge in [-0.05, 0) is 30.5 Å². The van der Waals surface area contributed by atoms with Gasteiger partial charge >= 0.3 is 0 Å². The summed E-state index contributed by atoms with van der Waals surface area (Å²) >= 11 is 0. The molecule has 0 spiro atoms. The molecule has 1 aliphatic heterocycles. The highest BCUT2D eigenvalue weighted by atomic mass is 19.1. The Hall–Kier alpha value is -2.61. The molecule has 2 aromatic heterocycles. The van der Waals surface area contributed by atoms with E-state index in [-0.39, 0.29) is 11.9 Å². The van der Waals surface area contributed by atoms with E-state index >= 15 is 0 Å². The molecular formula is C16H14FN5O2. The Balaban J connectivity index is 1.41. The summed E-state index contributed by atoms with van der Waals surface area (Å²) in [6.07, 6.45) is 2.04. The highest BCUT2D eigenvalue weighted by Crippen LogP contribution is 2.39. The van der Waals surface area contributed by atoms with Crippen molar-refractivity contribution < 1.29 is 13.7 Å². The Morgan fingerprint density at radius 1 is 1.17 bits per heavy atom. The maximum atomic E-state index is 13.1. The molecule has 2 aliphatic rings. The summed E-state index contributed by atoms with van der Waals surface area (Å²) in [5, 5.41) is 12.4. The fraction of sp³-hybridized carbons (Fsp3) is 0.375. The van der Waals surface area contributed by atoms with E-state index in [1.807, 2.05) is 0 Å². The zero-order valence-electron chi connectivity index (χ0n) is 12.7. The van der Waals surface area contributed by atoms with Crippen molar-refractivity contribution in [2.45, 2.75) is 38.0 Å². The third-order valence-corrected chi connectivity index (χ3v) is 4.43. The lowest BCUT2D eigenvalue weighted by Crippen LogP contribution is -2.22. The minimum absolute atomic E-state index is 0.183. The fourth-order valence-corrected chi connectivity index (χ4v) is 2.90. The minimum Gasteiger partial charge on any atom is -0.365 e. The van der Waals surface area contributed by atoms with Gasteiger partial charge in [-0.15, -0.1) is 5.10 Å². The molecule has 5 rings (SSSR count). The van der Waals surface area contributed by atoms with Gasteiger partial charge in [-0.2, -0.15) is 4.98 Å². The van der Waals surface area contributed by atoms with E-state index in [0.29, 0.717) is 30.7 Å². The van der Waals surface area contributed by atoms with Crippen LogP contribution in [-0.2, 0) is 17.9 Å². The molecule has 0 N–H and O–H groups in total. The van der Waals surface area contributed by atoms with Crippen LogP contribution in [-0.4, -0.2) is 25.1 Å². The molecule has 3 aromatic rings. The van der Waals surface area contributed by atoms with Crippen LogP contribution in [0.25, 0.3) is 11.6 Å². The number of benzene rings is 1. The SMILES string of the molecule is Fc1ccc(C2Cn3nnc(-c4nc(C5CC5)no4)c3CO2)cc1. The van der Waals surface area contributed by atoms with Crippen molar-refractivity contribution >= 4 is 0 Å². The fourth-order valence-electron chi connectivity index (χ4n) is 2.90. The second-order valence-electron chi connectivity index (χ2n) is 6.15. The summed E-state index contributed by atoms with van der Waals surface area (Å²) in [6, 6.07) is 6.31. The molecule has 24 heavy (non-hydrogen) atoms. The summed E-state index contributed by atoms with van der Waals surface area (Å²) in [4.78, 5) is 4.42. The predicted molar refractivity (Wildman–Crippen MR) is 79.2 cm³/mol. The summed E-state index contributed by atoms with van der Waals surface area (Å²) in [7, 11) is 0. The molecule has 1 unspecified atom stereocenters. The first-order valence-electron chi connectivity index (χ1n) is 7.91. The lowest BCUT2D eigenvalue weighted by atomic mass is 10.1. The van der Waals surface area contributed by atoms with Crippen molar-refractivity contribution in [2.24, 2.45) is 0 Å². The second-order valence-corrected chi connectivity index (χ2v) is 6.15. The summed E-state index contributed by atoms with van der Waals surface area (Å²) in [6.45, 7) is 0.850. The lowest BCUT2D eigenvalue weighted by molar-refractivity contribution is -0.00120. The molecule has 122 valence electrons. The number of halogens is 1. The Morgan fingerprint density at radius 3 is 2.79 bits per heavy atom. The molecule has 1 atom stereocenters. The number of fused-ring (bicyclic) bond motifs is 1. The van der Waals surface area contributed by atoms with Crippen molar-refractivity contribution in [2.75, 3.05) is 0 Å². The highest BCUT2D eigenvalue weighted by molar-refractivity contribution is 5.50. The third kappa shape index (κ3) is 2.30. The van der Waals surface area contributed by atoms with Crippen molar-refractivity contribution in [3.05, 3.63) is 47.2 Å². The average Bonchev–Trinajstić information content (AvgIpc) is 3.19. The quantitative estimate of drug-likeness (QED) is 0.736. The van der Waals surface area contributed by atoms with Gasteiger partial charge < -0.3 is 9.26 Å². The van der Waals surface area contributed by atoms with Gasteiger partial charge in [0.2, 0.25) is 0 Å². The number of rotatable bonds is 3. The number of hydrogen-bond acceptors (Lipinski definition) is 6. The molecule has 1 aliphatic carbocycles. The molecule has 8 heteroatoms. The van der Waals surface area contributed by atoms with Gasteiger partial charge in [0, 0.05) is 5.92 Å². The first kappa shape index (κ1) is 13.8. The predicted octanol–water partition coefficient (Wildman–Crippen LogP) is 2.62. The van der Waals surface area contributed by atoms with Crippen LogP contribution in [0.3, 0.4) is 0 Å². The van der Waals surface area contributed by atoms with Crippen LogP contribution in [0.1, 0.15) is 41.9 Å². The van der Waals surface area contributed by atoms with Crippen LogP contribution in [0.5, 0.6) is 0 Å². The topological polar surface area (TPSA) is 78.9 Å². The van der Waals surface area contributed by atoms with E-state index in [0.717, 1.165) is 29.9 Å². The van der Waals surface area contributed by atoms with Crippen LogP contribution in [0.4, 0.5) is 4.39 Å². The number of ether oxygens (including phenoxy) is 1. The van der Waals surface area contributed by atoms with Crippen LogP contribution >= 0.6 is 0 Å². The highest BCUT2D eigenvalue weighted by Gasteiger charge is 2.31. The smallest absolute Gasteiger partial charge is 0.280 e. The van der Waals surface area contributed by atoms with Gasteiger partial charge in [0.25, 0.3) is 5.89 Å². The molecule has 0 saturated heterocycles. The number of aromatic nitrogens is 5. The van der Waals surface area contributed by atoms with Crippen molar-refractivity contribution in [1.82, 2.24) is 25.1 Å². The van der Waals surface area contributed by atoms with Gasteiger partial charge in [-0.25, -0.2) is 9.07 Å². The van der Waals surface area contributed by atoms with Gasteiger partial charge in [0.1, 0.15) is 11.9 Å². The Bertz CT molecular complexity index is 884. The van der Waals surface area contributed by atoms with E-state index in [4.69, 9.17) is 9.26 Å². The summed E-state index contributed by atoms with van der Waals surface area (Å²) in [5.41, 5.74) is 2.30. The zero-order valence-corrected chi connectivity index (χ0v) is 12.7. The van der Waals surface area contributed by atoms with Crippen LogP contribution in [0, 0.1) is 5.82 Å². The standard InChI is InChI=1S/C16H14FN5O2/c17-11-5-3-9(4-6-11)13-7-22-12(8-23-13)14(19-21-22)16-18-15(20-24-16)10-1-2-10/h3-6,10,13H,1-2,7-8H2. The largest absolute Gasteiger partial charge is 0.365 e. The molecular weight excluding hydrogens is 313 g/mol. The first-order chi connectivity index (χ1) is 11.8. The molecule has 0 amide bonds. The first-order valence-corrected chi connectivity index (χ1v) is 7.91. The lowest BCUT2D eigenvalue weighted by Gasteiger charge is -2.24. The Labute approximate surface area is 136 Å². The average molecular weight is 327 g/mol. The van der Waals surface area contributed by atoms with Gasteiger partial charge in [-0.3, -0.25) is 0 Å². The molecule has 7 nitrogen and oxygen atoms in total. The van der Waals surface area contributed by atoms with Crippen LogP contribution in [0.15, 0.2) is 28.8 Å². The third-order valence-electron chi connectivity index (χ3n) is 4.43. The van der Waals surface area contributed by atoms with Gasteiger partial charge in [0.05, 0.1) is 18.8 Å². The second kappa shape index (κ2) is 5.20. The van der Waals surface area contributed by atoms with E-state index in [1.54, 1.807) is 16.8 Å². The molecule has 0 bridgehead atoms. The van der Waals surface area contributed by atoms with Crippen LogP contribution in [0.2, 0.25) is 0 Å². The normalized spacial score (nSPS) is 20.1.